The van der Waals surface area contributed by atoms with Crippen molar-refractivity contribution in [2.45, 2.75) is 58.5 Å². The molecule has 0 atom stereocenters. The lowest BCUT2D eigenvalue weighted by molar-refractivity contribution is 0.240. The van der Waals surface area contributed by atoms with E-state index in [9.17, 15) is 4.39 Å². The van der Waals surface area contributed by atoms with Crippen molar-refractivity contribution < 1.29 is 4.39 Å². The molecule has 1 N–H and O–H groups in total. The Morgan fingerprint density at radius 1 is 1.04 bits per heavy atom. The van der Waals surface area contributed by atoms with Crippen molar-refractivity contribution in [1.29, 1.82) is 0 Å². The number of nitrogens with zero attached hydrogens (tertiary/aromatic N) is 1. The zero-order valence-corrected chi connectivity index (χ0v) is 16.4. The van der Waals surface area contributed by atoms with Crippen LogP contribution in [0.25, 0.3) is 0 Å². The van der Waals surface area contributed by atoms with Crippen LogP contribution in [0, 0.1) is 19.7 Å². The highest BCUT2D eigenvalue weighted by atomic mass is 32.1. The summed E-state index contributed by atoms with van der Waals surface area (Å²) in [5.41, 5.74) is 4.56. The Kier molecular flexibility index (Phi) is 6.25. The Hall–Kier alpha value is -1.94. The molecule has 2 aromatic carbocycles. The molecule has 1 saturated carbocycles. The van der Waals surface area contributed by atoms with Gasteiger partial charge in [0.2, 0.25) is 0 Å². The highest BCUT2D eigenvalue weighted by Gasteiger charge is 2.23. The molecule has 3 rings (SSSR count). The molecule has 1 aliphatic rings. The number of nitrogens with one attached hydrogen (secondary N) is 1. The lowest BCUT2D eigenvalue weighted by Gasteiger charge is -2.36. The number of thiocarbonyl (C=S) groups is 1. The topological polar surface area (TPSA) is 15.3 Å². The van der Waals surface area contributed by atoms with Crippen LogP contribution in [-0.2, 0) is 6.54 Å². The second-order valence-corrected chi connectivity index (χ2v) is 7.74. The Balaban J connectivity index is 1.78. The number of halogens is 1. The van der Waals surface area contributed by atoms with Gasteiger partial charge in [-0.3, -0.25) is 0 Å². The van der Waals surface area contributed by atoms with Gasteiger partial charge in [-0.15, -0.1) is 0 Å². The number of anilines is 1. The van der Waals surface area contributed by atoms with Crippen LogP contribution in [0.4, 0.5) is 10.1 Å². The van der Waals surface area contributed by atoms with Gasteiger partial charge in [0.25, 0.3) is 0 Å². The predicted molar refractivity (Wildman–Crippen MR) is 111 cm³/mol. The Bertz CT molecular complexity index is 731. The van der Waals surface area contributed by atoms with Crippen molar-refractivity contribution in [3.63, 3.8) is 0 Å². The van der Waals surface area contributed by atoms with Crippen LogP contribution in [0.5, 0.6) is 0 Å². The van der Waals surface area contributed by atoms with Gasteiger partial charge in [-0.05, 0) is 79.9 Å². The number of hydrogen-bond donors (Lipinski definition) is 1. The monoisotopic (exact) mass is 370 g/mol. The smallest absolute Gasteiger partial charge is 0.173 e. The Morgan fingerprint density at radius 2 is 1.65 bits per heavy atom. The van der Waals surface area contributed by atoms with Crippen LogP contribution < -0.4 is 5.32 Å². The fraction of sp³-hybridized carbons (Fsp3) is 0.409. The molecule has 2 nitrogen and oxygen atoms in total. The molecule has 2 aromatic rings. The standard InChI is InChI=1S/C22H27FN2S/c1-16-12-17(2)14-20(13-16)24-22(26)25(21-6-4-3-5-7-21)15-18-8-10-19(23)11-9-18/h8-14,21H,3-7,15H2,1-2H3,(H,24,26). The van der Waals surface area contributed by atoms with Crippen molar-refractivity contribution in [1.82, 2.24) is 4.90 Å². The first-order chi connectivity index (χ1) is 12.5. The van der Waals surface area contributed by atoms with Crippen molar-refractivity contribution in [3.8, 4) is 0 Å². The van der Waals surface area contributed by atoms with Crippen LogP contribution >= 0.6 is 12.2 Å². The molecule has 0 saturated heterocycles. The second-order valence-electron chi connectivity index (χ2n) is 7.35. The summed E-state index contributed by atoms with van der Waals surface area (Å²) in [6, 6.07) is 13.6. The molecule has 0 unspecified atom stereocenters. The summed E-state index contributed by atoms with van der Waals surface area (Å²) >= 11 is 5.79. The molecule has 0 radical (unpaired) electrons. The van der Waals surface area contributed by atoms with E-state index in [-0.39, 0.29) is 5.82 Å². The summed E-state index contributed by atoms with van der Waals surface area (Å²) in [6.45, 7) is 4.90. The van der Waals surface area contributed by atoms with E-state index in [1.54, 1.807) is 0 Å². The molecule has 0 amide bonds. The third-order valence-electron chi connectivity index (χ3n) is 5.02. The fourth-order valence-electron chi connectivity index (χ4n) is 3.79. The van der Waals surface area contributed by atoms with Crippen LogP contribution in [0.3, 0.4) is 0 Å². The maximum atomic E-state index is 13.2. The van der Waals surface area contributed by atoms with E-state index in [0.29, 0.717) is 12.6 Å². The van der Waals surface area contributed by atoms with Gasteiger partial charge in [-0.2, -0.15) is 0 Å². The van der Waals surface area contributed by atoms with Crippen molar-refractivity contribution in [2.24, 2.45) is 0 Å². The van der Waals surface area contributed by atoms with Crippen LogP contribution in [0.2, 0.25) is 0 Å². The SMILES string of the molecule is Cc1cc(C)cc(NC(=S)N(Cc2ccc(F)cc2)C2CCCCC2)c1. The molecule has 4 heteroatoms. The maximum absolute atomic E-state index is 13.2. The first-order valence-corrected chi connectivity index (χ1v) is 9.82. The summed E-state index contributed by atoms with van der Waals surface area (Å²) in [6.07, 6.45) is 6.12. The molecule has 0 spiro atoms. The molecule has 0 aromatic heterocycles. The van der Waals surface area contributed by atoms with Gasteiger partial charge in [-0.1, -0.05) is 37.5 Å². The van der Waals surface area contributed by atoms with Gasteiger partial charge in [0.05, 0.1) is 0 Å². The zero-order chi connectivity index (χ0) is 18.5. The Labute approximate surface area is 161 Å². The average molecular weight is 371 g/mol. The van der Waals surface area contributed by atoms with Gasteiger partial charge >= 0.3 is 0 Å². The minimum absolute atomic E-state index is 0.200. The summed E-state index contributed by atoms with van der Waals surface area (Å²) in [5.74, 6) is -0.200. The minimum Gasteiger partial charge on any atom is -0.342 e. The van der Waals surface area contributed by atoms with E-state index < -0.39 is 0 Å². The van der Waals surface area contributed by atoms with E-state index in [1.165, 1.54) is 42.5 Å². The highest BCUT2D eigenvalue weighted by Crippen LogP contribution is 2.25. The van der Waals surface area contributed by atoms with Crippen molar-refractivity contribution in [3.05, 3.63) is 65.0 Å². The van der Waals surface area contributed by atoms with E-state index >= 15 is 0 Å². The maximum Gasteiger partial charge on any atom is 0.173 e. The molecular weight excluding hydrogens is 343 g/mol. The molecule has 1 aliphatic carbocycles. The summed E-state index contributed by atoms with van der Waals surface area (Å²) < 4.78 is 13.2. The largest absolute Gasteiger partial charge is 0.342 e. The van der Waals surface area contributed by atoms with E-state index in [0.717, 1.165) is 29.2 Å². The molecule has 0 heterocycles. The van der Waals surface area contributed by atoms with Crippen molar-refractivity contribution in [2.75, 3.05) is 5.32 Å². The van der Waals surface area contributed by atoms with E-state index in [4.69, 9.17) is 12.2 Å². The van der Waals surface area contributed by atoms with Crippen LogP contribution in [0.1, 0.15) is 48.8 Å². The first kappa shape index (κ1) is 18.8. The molecule has 0 aliphatic heterocycles. The number of hydrogen-bond acceptors (Lipinski definition) is 1. The van der Waals surface area contributed by atoms with Gasteiger partial charge < -0.3 is 10.2 Å². The van der Waals surface area contributed by atoms with Gasteiger partial charge in [0, 0.05) is 18.3 Å². The van der Waals surface area contributed by atoms with E-state index in [1.807, 2.05) is 12.1 Å². The van der Waals surface area contributed by atoms with Crippen molar-refractivity contribution >= 4 is 23.0 Å². The third kappa shape index (κ3) is 5.04. The lowest BCUT2D eigenvalue weighted by atomic mass is 9.94. The summed E-state index contributed by atoms with van der Waals surface area (Å²) in [5, 5.41) is 4.19. The third-order valence-corrected chi connectivity index (χ3v) is 5.35. The normalized spacial score (nSPS) is 14.9. The molecule has 138 valence electrons. The van der Waals surface area contributed by atoms with Crippen LogP contribution in [0.15, 0.2) is 42.5 Å². The fourth-order valence-corrected chi connectivity index (χ4v) is 4.12. The van der Waals surface area contributed by atoms with Gasteiger partial charge in [0.15, 0.2) is 5.11 Å². The molecule has 26 heavy (non-hydrogen) atoms. The van der Waals surface area contributed by atoms with Crippen LogP contribution in [-0.4, -0.2) is 16.1 Å². The number of rotatable bonds is 4. The van der Waals surface area contributed by atoms with E-state index in [2.05, 4.69) is 42.3 Å². The lowest BCUT2D eigenvalue weighted by Crippen LogP contribution is -2.43. The molecule has 1 fully saturated rings. The number of benzene rings is 2. The minimum atomic E-state index is -0.200. The average Bonchev–Trinajstić information content (AvgIpc) is 2.61. The second kappa shape index (κ2) is 8.63. The predicted octanol–water partition coefficient (Wildman–Crippen LogP) is 5.97. The first-order valence-electron chi connectivity index (χ1n) is 9.41. The zero-order valence-electron chi connectivity index (χ0n) is 15.6. The van der Waals surface area contributed by atoms with Gasteiger partial charge in [0.1, 0.15) is 5.82 Å². The van der Waals surface area contributed by atoms with Gasteiger partial charge in [-0.25, -0.2) is 4.39 Å². The Morgan fingerprint density at radius 3 is 2.27 bits per heavy atom. The summed E-state index contributed by atoms with van der Waals surface area (Å²) in [7, 11) is 0. The quantitative estimate of drug-likeness (QED) is 0.667. The molecule has 0 bridgehead atoms. The number of aryl methyl sites for hydroxylation is 2. The highest BCUT2D eigenvalue weighted by molar-refractivity contribution is 7.80. The summed E-state index contributed by atoms with van der Waals surface area (Å²) in [4.78, 5) is 2.29. The molecular formula is C22H27FN2S.